The van der Waals surface area contributed by atoms with E-state index in [1.54, 1.807) is 40.1 Å². The summed E-state index contributed by atoms with van der Waals surface area (Å²) in [6.45, 7) is 2.91. The van der Waals surface area contributed by atoms with E-state index >= 15 is 0 Å². The van der Waals surface area contributed by atoms with Crippen molar-refractivity contribution in [1.29, 1.82) is 0 Å². The Hall–Kier alpha value is -3.63. The lowest BCUT2D eigenvalue weighted by atomic mass is 10.00. The summed E-state index contributed by atoms with van der Waals surface area (Å²) in [5.74, 6) is -0.284. The van der Waals surface area contributed by atoms with Gasteiger partial charge in [-0.1, -0.05) is 36.4 Å². The fourth-order valence-electron chi connectivity index (χ4n) is 4.44. The van der Waals surface area contributed by atoms with E-state index in [0.29, 0.717) is 50.7 Å². The number of ether oxygens (including phenoxy) is 2. The Morgan fingerprint density at radius 3 is 2.41 bits per heavy atom. The zero-order valence-corrected chi connectivity index (χ0v) is 21.1. The van der Waals surface area contributed by atoms with Gasteiger partial charge in [0.15, 0.2) is 6.61 Å². The highest BCUT2D eigenvalue weighted by Crippen LogP contribution is 2.32. The van der Waals surface area contributed by atoms with Gasteiger partial charge < -0.3 is 19.3 Å². The Morgan fingerprint density at radius 2 is 1.65 bits per heavy atom. The van der Waals surface area contributed by atoms with Gasteiger partial charge in [-0.3, -0.25) is 24.1 Å². The molecule has 37 heavy (non-hydrogen) atoms. The highest BCUT2D eigenvalue weighted by Gasteiger charge is 2.37. The van der Waals surface area contributed by atoms with Crippen molar-refractivity contribution < 1.29 is 28.7 Å². The van der Waals surface area contributed by atoms with Gasteiger partial charge >= 0.3 is 0 Å². The smallest absolute Gasteiger partial charge is 0.294 e. The molecule has 0 aliphatic carbocycles. The number of hydrogen-bond donors (Lipinski definition) is 0. The number of thioether (sulfide) groups is 1. The molecule has 10 heteroatoms. The summed E-state index contributed by atoms with van der Waals surface area (Å²) >= 11 is 0.824. The Morgan fingerprint density at radius 1 is 0.919 bits per heavy atom. The van der Waals surface area contributed by atoms with E-state index in [9.17, 15) is 19.2 Å². The first kappa shape index (κ1) is 25.0. The molecule has 192 valence electrons. The van der Waals surface area contributed by atoms with Crippen molar-refractivity contribution in [1.82, 2.24) is 14.7 Å². The molecule has 0 radical (unpaired) electrons. The van der Waals surface area contributed by atoms with Crippen molar-refractivity contribution in [2.45, 2.75) is 13.0 Å². The second-order valence-corrected chi connectivity index (χ2v) is 9.95. The van der Waals surface area contributed by atoms with Crippen LogP contribution in [0.3, 0.4) is 0 Å². The number of hydrogen-bond acceptors (Lipinski definition) is 7. The van der Waals surface area contributed by atoms with Gasteiger partial charge in [0.2, 0.25) is 5.91 Å². The fourth-order valence-corrected chi connectivity index (χ4v) is 5.28. The minimum Gasteiger partial charge on any atom is -0.484 e. The summed E-state index contributed by atoms with van der Waals surface area (Å²) in [4.78, 5) is 55.2. The molecule has 4 amide bonds. The van der Waals surface area contributed by atoms with Gasteiger partial charge in [-0.25, -0.2) is 0 Å². The van der Waals surface area contributed by atoms with Gasteiger partial charge in [-0.05, 0) is 53.1 Å². The van der Waals surface area contributed by atoms with Gasteiger partial charge in [-0.15, -0.1) is 0 Å². The summed E-state index contributed by atoms with van der Waals surface area (Å²) < 4.78 is 10.8. The average Bonchev–Trinajstić information content (AvgIpc) is 3.19. The highest BCUT2D eigenvalue weighted by molar-refractivity contribution is 8.18. The Labute approximate surface area is 219 Å². The zero-order chi connectivity index (χ0) is 25.8. The largest absolute Gasteiger partial charge is 0.484 e. The molecule has 0 atom stereocenters. The molecule has 3 aliphatic rings. The van der Waals surface area contributed by atoms with Gasteiger partial charge in [0, 0.05) is 26.2 Å². The van der Waals surface area contributed by atoms with Crippen LogP contribution < -0.4 is 4.74 Å². The third-order valence-corrected chi connectivity index (χ3v) is 7.46. The minimum atomic E-state index is -0.475. The molecule has 5 rings (SSSR count). The van der Waals surface area contributed by atoms with Crippen LogP contribution in [0.5, 0.6) is 5.75 Å². The standard InChI is InChI=1S/C27H27N3O6S/c31-24(29-10-9-20-3-1-2-4-21(20)16-29)17-30-26(33)23(37-27(30)34)15-19-5-7-22(8-6-19)36-18-25(32)28-11-13-35-14-12-28/h1-8,15H,9-14,16-18H2/b23-15+. The third-order valence-electron chi connectivity index (χ3n) is 6.55. The predicted molar refractivity (Wildman–Crippen MR) is 138 cm³/mol. The maximum atomic E-state index is 12.9. The zero-order valence-electron chi connectivity index (χ0n) is 20.3. The van der Waals surface area contributed by atoms with Crippen LogP contribution in [0.2, 0.25) is 0 Å². The van der Waals surface area contributed by atoms with E-state index < -0.39 is 11.1 Å². The van der Waals surface area contributed by atoms with Crippen LogP contribution in [0, 0.1) is 0 Å². The maximum absolute atomic E-state index is 12.9. The van der Waals surface area contributed by atoms with E-state index in [-0.39, 0.29) is 29.9 Å². The summed E-state index contributed by atoms with van der Waals surface area (Å²) in [6, 6.07) is 14.9. The molecular weight excluding hydrogens is 494 g/mol. The average molecular weight is 522 g/mol. The second kappa shape index (κ2) is 11.2. The molecule has 3 aliphatic heterocycles. The molecule has 2 aromatic carbocycles. The third kappa shape index (κ3) is 5.86. The number of carbonyl (C=O) groups excluding carboxylic acids is 4. The number of morpholine rings is 1. The number of rotatable bonds is 6. The molecule has 2 saturated heterocycles. The van der Waals surface area contributed by atoms with Gasteiger partial charge in [-0.2, -0.15) is 0 Å². The van der Waals surface area contributed by atoms with Crippen molar-refractivity contribution in [3.8, 4) is 5.75 Å². The number of imide groups is 1. The first-order chi connectivity index (χ1) is 18.0. The van der Waals surface area contributed by atoms with Crippen LogP contribution >= 0.6 is 11.8 Å². The van der Waals surface area contributed by atoms with E-state index in [4.69, 9.17) is 9.47 Å². The van der Waals surface area contributed by atoms with Crippen molar-refractivity contribution >= 4 is 40.8 Å². The lowest BCUT2D eigenvalue weighted by Gasteiger charge is -2.29. The molecule has 0 saturated carbocycles. The molecule has 0 spiro atoms. The van der Waals surface area contributed by atoms with Crippen molar-refractivity contribution in [3.63, 3.8) is 0 Å². The lowest BCUT2D eigenvalue weighted by molar-refractivity contribution is -0.137. The number of benzene rings is 2. The molecule has 2 aromatic rings. The molecular formula is C27H27N3O6S. The molecule has 0 N–H and O–H groups in total. The Balaban J connectivity index is 1.16. The van der Waals surface area contributed by atoms with Crippen LogP contribution in [0.25, 0.3) is 6.08 Å². The monoisotopic (exact) mass is 521 g/mol. The number of amides is 4. The topological polar surface area (TPSA) is 96.5 Å². The van der Waals surface area contributed by atoms with Gasteiger partial charge in [0.05, 0.1) is 18.1 Å². The molecule has 9 nitrogen and oxygen atoms in total. The summed E-state index contributed by atoms with van der Waals surface area (Å²) in [5, 5.41) is -0.455. The SMILES string of the molecule is O=C(COc1ccc(/C=C2/SC(=O)N(CC(=O)N3CCc4ccccc4C3)C2=O)cc1)N1CCOCC1. The van der Waals surface area contributed by atoms with Crippen molar-refractivity contribution in [2.24, 2.45) is 0 Å². The van der Waals surface area contributed by atoms with Crippen LogP contribution in [0.4, 0.5) is 4.79 Å². The quantitative estimate of drug-likeness (QED) is 0.539. The fraction of sp³-hybridized carbons (Fsp3) is 0.333. The molecule has 2 fully saturated rings. The van der Waals surface area contributed by atoms with E-state index in [1.165, 1.54) is 5.56 Å². The first-order valence-electron chi connectivity index (χ1n) is 12.2. The Kier molecular flexibility index (Phi) is 7.57. The first-order valence-corrected chi connectivity index (χ1v) is 13.0. The maximum Gasteiger partial charge on any atom is 0.294 e. The molecule has 0 aromatic heterocycles. The van der Waals surface area contributed by atoms with Crippen LogP contribution in [0.15, 0.2) is 53.4 Å². The predicted octanol–water partition coefficient (Wildman–Crippen LogP) is 2.55. The van der Waals surface area contributed by atoms with Crippen LogP contribution in [0.1, 0.15) is 16.7 Å². The summed E-state index contributed by atoms with van der Waals surface area (Å²) in [5.41, 5.74) is 3.02. The lowest BCUT2D eigenvalue weighted by Crippen LogP contribution is -2.44. The number of carbonyl (C=O) groups is 4. The number of fused-ring (bicyclic) bond motifs is 1. The van der Waals surface area contributed by atoms with Gasteiger partial charge in [0.1, 0.15) is 12.3 Å². The highest BCUT2D eigenvalue weighted by atomic mass is 32.2. The van der Waals surface area contributed by atoms with Crippen LogP contribution in [-0.2, 0) is 32.1 Å². The second-order valence-electron chi connectivity index (χ2n) is 8.95. The minimum absolute atomic E-state index is 0.0606. The Bertz CT molecular complexity index is 1240. The van der Waals surface area contributed by atoms with Gasteiger partial charge in [0.25, 0.3) is 17.1 Å². The molecule has 0 bridgehead atoms. The van der Waals surface area contributed by atoms with Crippen LogP contribution in [-0.4, -0.2) is 83.7 Å². The molecule has 3 heterocycles. The normalized spacial score (nSPS) is 18.8. The molecule has 0 unspecified atom stereocenters. The summed E-state index contributed by atoms with van der Waals surface area (Å²) in [7, 11) is 0. The summed E-state index contributed by atoms with van der Waals surface area (Å²) in [6.07, 6.45) is 2.37. The van der Waals surface area contributed by atoms with Crippen molar-refractivity contribution in [2.75, 3.05) is 46.0 Å². The van der Waals surface area contributed by atoms with Crippen molar-refractivity contribution in [3.05, 3.63) is 70.1 Å². The van der Waals surface area contributed by atoms with E-state index in [0.717, 1.165) is 28.6 Å². The number of nitrogens with zero attached hydrogens (tertiary/aromatic N) is 3. The van der Waals surface area contributed by atoms with E-state index in [2.05, 4.69) is 6.07 Å². The van der Waals surface area contributed by atoms with E-state index in [1.807, 2.05) is 18.2 Å².